The van der Waals surface area contributed by atoms with Gasteiger partial charge in [0.05, 0.1) is 24.7 Å². The first kappa shape index (κ1) is 14.1. The van der Waals surface area contributed by atoms with Crippen molar-refractivity contribution < 1.29 is 4.79 Å². The van der Waals surface area contributed by atoms with Gasteiger partial charge in [0.2, 0.25) is 5.91 Å². The largest absolute Gasteiger partial charge is 0.349 e. The number of carbonyl (C=O) groups is 1. The predicted molar refractivity (Wildman–Crippen MR) is 77.1 cm³/mol. The van der Waals surface area contributed by atoms with Crippen molar-refractivity contribution in [2.45, 2.75) is 32.9 Å². The molecule has 1 atom stereocenters. The van der Waals surface area contributed by atoms with E-state index in [1.54, 1.807) is 11.3 Å². The maximum absolute atomic E-state index is 11.8. The van der Waals surface area contributed by atoms with Gasteiger partial charge in [0.25, 0.3) is 0 Å². The maximum atomic E-state index is 11.8. The van der Waals surface area contributed by atoms with E-state index in [1.807, 2.05) is 25.4 Å². The fraction of sp³-hybridized carbons (Fsp3) is 0.417. The molecule has 2 rings (SSSR count). The number of nitrogens with zero attached hydrogens (tertiary/aromatic N) is 2. The van der Waals surface area contributed by atoms with Crippen molar-refractivity contribution in [1.29, 1.82) is 0 Å². The summed E-state index contributed by atoms with van der Waals surface area (Å²) in [5.41, 5.74) is 6.50. The van der Waals surface area contributed by atoms with Gasteiger partial charge in [-0.3, -0.25) is 4.79 Å². The average molecular weight is 296 g/mol. The van der Waals surface area contributed by atoms with E-state index in [4.69, 9.17) is 5.73 Å². The Labute approximate surface area is 119 Å². The van der Waals surface area contributed by atoms with Crippen LogP contribution in [0.2, 0.25) is 0 Å². The molecule has 5 nitrogen and oxygen atoms in total. The standard InChI is InChI=1S/C12H16N4OS2/c1-7-4-15-11(19-7)5-14-10(17)3-9-6-18-12(16-9)8(2)13/h4,6,8H,3,5,13H2,1-2H3,(H,14,17). The Morgan fingerprint density at radius 1 is 1.58 bits per heavy atom. The van der Waals surface area contributed by atoms with Crippen LogP contribution < -0.4 is 11.1 Å². The van der Waals surface area contributed by atoms with Crippen molar-refractivity contribution in [1.82, 2.24) is 15.3 Å². The quantitative estimate of drug-likeness (QED) is 0.881. The van der Waals surface area contributed by atoms with Crippen LogP contribution in [0.4, 0.5) is 0 Å². The summed E-state index contributed by atoms with van der Waals surface area (Å²) >= 11 is 3.08. The highest BCUT2D eigenvalue weighted by atomic mass is 32.1. The molecule has 7 heteroatoms. The van der Waals surface area contributed by atoms with Gasteiger partial charge in [0.1, 0.15) is 10.0 Å². The van der Waals surface area contributed by atoms with Crippen molar-refractivity contribution in [3.63, 3.8) is 0 Å². The van der Waals surface area contributed by atoms with E-state index < -0.39 is 0 Å². The monoisotopic (exact) mass is 296 g/mol. The third-order valence-electron chi connectivity index (χ3n) is 2.41. The number of nitrogens with one attached hydrogen (secondary N) is 1. The van der Waals surface area contributed by atoms with Crippen LogP contribution in [0.5, 0.6) is 0 Å². The molecule has 0 saturated carbocycles. The lowest BCUT2D eigenvalue weighted by atomic mass is 10.3. The van der Waals surface area contributed by atoms with E-state index in [1.165, 1.54) is 11.3 Å². The number of carbonyl (C=O) groups excluding carboxylic acids is 1. The van der Waals surface area contributed by atoms with Crippen LogP contribution in [0.15, 0.2) is 11.6 Å². The number of aryl methyl sites for hydroxylation is 1. The molecule has 102 valence electrons. The molecule has 0 aliphatic rings. The lowest BCUT2D eigenvalue weighted by Gasteiger charge is -2.01. The highest BCUT2D eigenvalue weighted by Gasteiger charge is 2.10. The fourth-order valence-electron chi connectivity index (χ4n) is 1.50. The third-order valence-corrected chi connectivity index (χ3v) is 4.41. The van der Waals surface area contributed by atoms with Crippen molar-refractivity contribution in [3.05, 3.63) is 32.2 Å². The summed E-state index contributed by atoms with van der Waals surface area (Å²) in [6.45, 7) is 4.35. The van der Waals surface area contributed by atoms with E-state index in [0.717, 1.165) is 20.6 Å². The Hall–Kier alpha value is -1.31. The zero-order chi connectivity index (χ0) is 13.8. The van der Waals surface area contributed by atoms with Crippen molar-refractivity contribution in [3.8, 4) is 0 Å². The zero-order valence-corrected chi connectivity index (χ0v) is 12.5. The summed E-state index contributed by atoms with van der Waals surface area (Å²) in [6, 6.07) is -0.0832. The van der Waals surface area contributed by atoms with Crippen LogP contribution in [0.1, 0.15) is 33.6 Å². The number of hydrogen-bond acceptors (Lipinski definition) is 6. The van der Waals surface area contributed by atoms with Gasteiger partial charge in [-0.2, -0.15) is 0 Å². The molecule has 0 saturated heterocycles. The first-order valence-electron chi connectivity index (χ1n) is 5.92. The van der Waals surface area contributed by atoms with Gasteiger partial charge in [-0.25, -0.2) is 9.97 Å². The minimum atomic E-state index is -0.0832. The second-order valence-electron chi connectivity index (χ2n) is 4.28. The lowest BCUT2D eigenvalue weighted by Crippen LogP contribution is -2.24. The molecule has 1 amide bonds. The molecule has 0 radical (unpaired) electrons. The summed E-state index contributed by atoms with van der Waals surface area (Å²) in [6.07, 6.45) is 2.09. The van der Waals surface area contributed by atoms with Crippen molar-refractivity contribution in [2.75, 3.05) is 0 Å². The molecular weight excluding hydrogens is 280 g/mol. The number of nitrogens with two attached hydrogens (primary N) is 1. The highest BCUT2D eigenvalue weighted by Crippen LogP contribution is 2.16. The molecule has 0 aromatic carbocycles. The Kier molecular flexibility index (Phi) is 4.62. The van der Waals surface area contributed by atoms with Crippen molar-refractivity contribution >= 4 is 28.6 Å². The molecule has 2 aromatic rings. The van der Waals surface area contributed by atoms with Crippen LogP contribution >= 0.6 is 22.7 Å². The molecule has 0 aliphatic heterocycles. The summed E-state index contributed by atoms with van der Waals surface area (Å²) in [5.74, 6) is -0.0469. The Bertz CT molecular complexity index is 562. The first-order valence-corrected chi connectivity index (χ1v) is 7.62. The first-order chi connectivity index (χ1) is 9.04. The van der Waals surface area contributed by atoms with Crippen LogP contribution in [0.3, 0.4) is 0 Å². The van der Waals surface area contributed by atoms with Gasteiger partial charge >= 0.3 is 0 Å². The molecule has 0 bridgehead atoms. The Morgan fingerprint density at radius 3 is 2.95 bits per heavy atom. The van der Waals surface area contributed by atoms with Crippen LogP contribution in [-0.2, 0) is 17.8 Å². The van der Waals surface area contributed by atoms with E-state index in [-0.39, 0.29) is 18.4 Å². The molecule has 2 aromatic heterocycles. The topological polar surface area (TPSA) is 80.9 Å². The summed E-state index contributed by atoms with van der Waals surface area (Å²) in [7, 11) is 0. The zero-order valence-electron chi connectivity index (χ0n) is 10.8. The molecule has 0 fully saturated rings. The fourth-order valence-corrected chi connectivity index (χ4v) is 3.00. The molecule has 1 unspecified atom stereocenters. The maximum Gasteiger partial charge on any atom is 0.226 e. The van der Waals surface area contributed by atoms with Crippen LogP contribution in [0, 0.1) is 6.92 Å². The Morgan fingerprint density at radius 2 is 2.37 bits per heavy atom. The van der Waals surface area contributed by atoms with E-state index in [2.05, 4.69) is 15.3 Å². The summed E-state index contributed by atoms with van der Waals surface area (Å²) < 4.78 is 0. The van der Waals surface area contributed by atoms with Crippen LogP contribution in [0.25, 0.3) is 0 Å². The normalized spacial score (nSPS) is 12.4. The number of amides is 1. The smallest absolute Gasteiger partial charge is 0.226 e. The number of hydrogen-bond donors (Lipinski definition) is 2. The van der Waals surface area contributed by atoms with Gasteiger partial charge in [-0.1, -0.05) is 0 Å². The molecule has 0 spiro atoms. The second-order valence-corrected chi connectivity index (χ2v) is 6.49. The van der Waals surface area contributed by atoms with E-state index in [9.17, 15) is 4.79 Å². The van der Waals surface area contributed by atoms with Gasteiger partial charge < -0.3 is 11.1 Å². The van der Waals surface area contributed by atoms with Crippen LogP contribution in [-0.4, -0.2) is 15.9 Å². The average Bonchev–Trinajstić information content (AvgIpc) is 2.96. The van der Waals surface area contributed by atoms with Gasteiger partial charge in [-0.05, 0) is 13.8 Å². The van der Waals surface area contributed by atoms with E-state index >= 15 is 0 Å². The number of thiazole rings is 2. The third kappa shape index (κ3) is 4.09. The van der Waals surface area contributed by atoms with Crippen molar-refractivity contribution in [2.24, 2.45) is 5.73 Å². The lowest BCUT2D eigenvalue weighted by molar-refractivity contribution is -0.120. The number of rotatable bonds is 5. The molecule has 0 aliphatic carbocycles. The minimum Gasteiger partial charge on any atom is -0.349 e. The second kappa shape index (κ2) is 6.23. The summed E-state index contributed by atoms with van der Waals surface area (Å²) in [5, 5.41) is 6.50. The highest BCUT2D eigenvalue weighted by molar-refractivity contribution is 7.11. The number of aromatic nitrogens is 2. The summed E-state index contributed by atoms with van der Waals surface area (Å²) in [4.78, 5) is 21.4. The predicted octanol–water partition coefficient (Wildman–Crippen LogP) is 1.79. The minimum absolute atomic E-state index is 0.0469. The van der Waals surface area contributed by atoms with Gasteiger partial charge in [0, 0.05) is 16.5 Å². The molecular formula is C12H16N4OS2. The molecule has 2 heterocycles. The SMILES string of the molecule is Cc1cnc(CNC(=O)Cc2csc(C(C)N)n2)s1. The molecule has 3 N–H and O–H groups in total. The van der Waals surface area contributed by atoms with Gasteiger partial charge in [-0.15, -0.1) is 22.7 Å². The Balaban J connectivity index is 1.83. The van der Waals surface area contributed by atoms with Gasteiger partial charge in [0.15, 0.2) is 0 Å². The van der Waals surface area contributed by atoms with E-state index in [0.29, 0.717) is 6.54 Å². The molecule has 19 heavy (non-hydrogen) atoms.